The maximum Gasteiger partial charge on any atom is 0.263 e. The van der Waals surface area contributed by atoms with Crippen LogP contribution in [0.15, 0.2) is 41.4 Å². The fourth-order valence-electron chi connectivity index (χ4n) is 3.08. The maximum absolute atomic E-state index is 12.6. The molecule has 0 bridgehead atoms. The Kier molecular flexibility index (Phi) is 3.92. The van der Waals surface area contributed by atoms with Crippen LogP contribution in [0.3, 0.4) is 0 Å². The Bertz CT molecular complexity index is 843. The van der Waals surface area contributed by atoms with Crippen molar-refractivity contribution in [1.82, 2.24) is 4.98 Å². The van der Waals surface area contributed by atoms with Gasteiger partial charge < -0.3 is 5.32 Å². The summed E-state index contributed by atoms with van der Waals surface area (Å²) in [7, 11) is -3.60. The Morgan fingerprint density at radius 1 is 1.00 bits per heavy atom. The summed E-state index contributed by atoms with van der Waals surface area (Å²) in [5.41, 5.74) is 3.35. The number of pyridine rings is 1. The van der Waals surface area contributed by atoms with Gasteiger partial charge in [0.05, 0.1) is 16.8 Å². The highest BCUT2D eigenvalue weighted by Gasteiger charge is 2.21. The number of benzene rings is 1. The predicted molar refractivity (Wildman–Crippen MR) is 94.8 cm³/mol. The van der Waals surface area contributed by atoms with Crippen molar-refractivity contribution >= 4 is 21.5 Å². The molecule has 0 spiro atoms. The van der Waals surface area contributed by atoms with Crippen LogP contribution >= 0.6 is 0 Å². The molecule has 1 saturated carbocycles. The van der Waals surface area contributed by atoms with Crippen LogP contribution in [0.1, 0.15) is 36.8 Å². The highest BCUT2D eigenvalue weighted by Crippen LogP contribution is 2.26. The topological polar surface area (TPSA) is 71.1 Å². The third kappa shape index (κ3) is 3.38. The Hall–Kier alpha value is -2.08. The first-order valence-corrected chi connectivity index (χ1v) is 9.96. The minimum Gasteiger partial charge on any atom is -0.381 e. The van der Waals surface area contributed by atoms with E-state index in [1.165, 1.54) is 24.8 Å². The van der Waals surface area contributed by atoms with Crippen LogP contribution in [-0.2, 0) is 22.9 Å². The molecule has 1 aromatic heterocycles. The highest BCUT2D eigenvalue weighted by atomic mass is 32.2. The fourth-order valence-corrected chi connectivity index (χ4v) is 4.14. The second-order valence-corrected chi connectivity index (χ2v) is 8.28. The van der Waals surface area contributed by atoms with E-state index in [0.717, 1.165) is 30.5 Å². The fraction of sp³-hybridized carbons (Fsp3) is 0.389. The normalized spacial score (nSPS) is 17.2. The quantitative estimate of drug-likeness (QED) is 0.873. The van der Waals surface area contributed by atoms with E-state index in [4.69, 9.17) is 0 Å². The molecule has 0 aliphatic heterocycles. The summed E-state index contributed by atoms with van der Waals surface area (Å²) in [5.74, 6) is 0.342. The Morgan fingerprint density at radius 2 is 1.79 bits per heavy atom. The minimum atomic E-state index is -3.60. The average molecular weight is 343 g/mol. The number of anilines is 2. The lowest BCUT2D eigenvalue weighted by Crippen LogP contribution is -2.15. The number of hydrogen-bond donors (Lipinski definition) is 2. The van der Waals surface area contributed by atoms with E-state index in [2.05, 4.69) is 15.0 Å². The molecule has 1 heterocycles. The van der Waals surface area contributed by atoms with Crippen LogP contribution in [0.2, 0.25) is 0 Å². The highest BCUT2D eigenvalue weighted by molar-refractivity contribution is 7.92. The molecule has 2 aliphatic carbocycles. The summed E-state index contributed by atoms with van der Waals surface area (Å²) < 4.78 is 27.8. The molecule has 126 valence electrons. The van der Waals surface area contributed by atoms with Gasteiger partial charge in [0.1, 0.15) is 5.82 Å². The van der Waals surface area contributed by atoms with E-state index in [0.29, 0.717) is 16.8 Å². The van der Waals surface area contributed by atoms with E-state index < -0.39 is 10.0 Å². The summed E-state index contributed by atoms with van der Waals surface area (Å²) in [6, 6.07) is 9.54. The van der Waals surface area contributed by atoms with Crippen LogP contribution in [-0.4, -0.2) is 19.4 Å². The van der Waals surface area contributed by atoms with Crippen molar-refractivity contribution in [1.29, 1.82) is 0 Å². The Morgan fingerprint density at radius 3 is 2.50 bits per heavy atom. The molecule has 0 unspecified atom stereocenters. The van der Waals surface area contributed by atoms with Gasteiger partial charge in [-0.2, -0.15) is 0 Å². The van der Waals surface area contributed by atoms with Crippen LogP contribution < -0.4 is 10.0 Å². The SMILES string of the molecule is O=S(=O)(Nc1ccc(NC2CC2)cn1)c1ccc2c(c1)CCCC2. The molecule has 5 nitrogen and oxygen atoms in total. The van der Waals surface area contributed by atoms with E-state index >= 15 is 0 Å². The van der Waals surface area contributed by atoms with E-state index in [1.54, 1.807) is 24.4 Å². The molecular formula is C18H21N3O2S. The molecule has 1 aromatic carbocycles. The molecule has 0 amide bonds. The number of sulfonamides is 1. The number of hydrogen-bond acceptors (Lipinski definition) is 4. The van der Waals surface area contributed by atoms with Crippen molar-refractivity contribution in [2.75, 3.05) is 10.0 Å². The van der Waals surface area contributed by atoms with E-state index in [1.807, 2.05) is 12.1 Å². The summed E-state index contributed by atoms with van der Waals surface area (Å²) in [6.07, 6.45) is 8.35. The molecule has 1 fully saturated rings. The molecule has 0 atom stereocenters. The second kappa shape index (κ2) is 6.09. The number of nitrogens with one attached hydrogen (secondary N) is 2. The van der Waals surface area contributed by atoms with Crippen molar-refractivity contribution in [3.8, 4) is 0 Å². The number of aryl methyl sites for hydroxylation is 2. The van der Waals surface area contributed by atoms with E-state index in [9.17, 15) is 8.42 Å². The first kappa shape index (κ1) is 15.4. The summed E-state index contributed by atoms with van der Waals surface area (Å²) in [4.78, 5) is 4.52. The van der Waals surface area contributed by atoms with Gasteiger partial charge >= 0.3 is 0 Å². The van der Waals surface area contributed by atoms with Crippen LogP contribution in [0.25, 0.3) is 0 Å². The van der Waals surface area contributed by atoms with E-state index in [-0.39, 0.29) is 0 Å². The number of aromatic nitrogens is 1. The molecule has 2 N–H and O–H groups in total. The van der Waals surface area contributed by atoms with Gasteiger partial charge in [0.2, 0.25) is 0 Å². The van der Waals surface area contributed by atoms with Crippen molar-refractivity contribution in [3.63, 3.8) is 0 Å². The smallest absolute Gasteiger partial charge is 0.263 e. The molecule has 0 saturated heterocycles. The van der Waals surface area contributed by atoms with Crippen molar-refractivity contribution in [3.05, 3.63) is 47.7 Å². The van der Waals surface area contributed by atoms with Gasteiger partial charge in [-0.3, -0.25) is 4.72 Å². The minimum absolute atomic E-state index is 0.310. The van der Waals surface area contributed by atoms with Gasteiger partial charge in [-0.1, -0.05) is 6.07 Å². The first-order valence-electron chi connectivity index (χ1n) is 8.47. The summed E-state index contributed by atoms with van der Waals surface area (Å²) in [5, 5.41) is 3.33. The van der Waals surface area contributed by atoms with Gasteiger partial charge in [-0.25, -0.2) is 13.4 Å². The number of fused-ring (bicyclic) bond motifs is 1. The van der Waals surface area contributed by atoms with Crippen molar-refractivity contribution < 1.29 is 8.42 Å². The molecule has 4 rings (SSSR count). The van der Waals surface area contributed by atoms with Gasteiger partial charge in [0.25, 0.3) is 10.0 Å². The molecule has 2 aromatic rings. The molecule has 6 heteroatoms. The Labute approximate surface area is 142 Å². The number of rotatable bonds is 5. The third-order valence-electron chi connectivity index (χ3n) is 4.58. The average Bonchev–Trinajstić information content (AvgIpc) is 3.40. The molecule has 2 aliphatic rings. The monoisotopic (exact) mass is 343 g/mol. The number of nitrogens with zero attached hydrogens (tertiary/aromatic N) is 1. The third-order valence-corrected chi connectivity index (χ3v) is 5.93. The van der Waals surface area contributed by atoms with Gasteiger partial charge in [0, 0.05) is 6.04 Å². The van der Waals surface area contributed by atoms with Crippen LogP contribution in [0.5, 0.6) is 0 Å². The summed E-state index contributed by atoms with van der Waals surface area (Å²) >= 11 is 0. The lowest BCUT2D eigenvalue weighted by atomic mass is 9.92. The summed E-state index contributed by atoms with van der Waals surface area (Å²) in [6.45, 7) is 0. The largest absolute Gasteiger partial charge is 0.381 e. The lowest BCUT2D eigenvalue weighted by molar-refractivity contribution is 0.600. The van der Waals surface area contributed by atoms with Crippen molar-refractivity contribution in [2.24, 2.45) is 0 Å². The first-order chi connectivity index (χ1) is 11.6. The van der Waals surface area contributed by atoms with Gasteiger partial charge in [-0.05, 0) is 73.9 Å². The maximum atomic E-state index is 12.6. The second-order valence-electron chi connectivity index (χ2n) is 6.59. The standard InChI is InChI=1S/C18H21N3O2S/c22-24(23,17-9-5-13-3-1-2-4-14(13)11-17)21-18-10-8-16(12-19-18)20-15-6-7-15/h5,8-12,15,20H,1-4,6-7H2,(H,19,21). The zero-order valence-corrected chi connectivity index (χ0v) is 14.3. The van der Waals surface area contributed by atoms with Crippen LogP contribution in [0.4, 0.5) is 11.5 Å². The van der Waals surface area contributed by atoms with Gasteiger partial charge in [0.15, 0.2) is 0 Å². The molecular weight excluding hydrogens is 322 g/mol. The Balaban J connectivity index is 1.52. The van der Waals surface area contributed by atoms with Crippen molar-refractivity contribution in [2.45, 2.75) is 49.5 Å². The van der Waals surface area contributed by atoms with Crippen LogP contribution in [0, 0.1) is 0 Å². The zero-order chi connectivity index (χ0) is 16.6. The molecule has 0 radical (unpaired) electrons. The molecule has 24 heavy (non-hydrogen) atoms. The lowest BCUT2D eigenvalue weighted by Gasteiger charge is -2.17. The van der Waals surface area contributed by atoms with Gasteiger partial charge in [-0.15, -0.1) is 0 Å². The zero-order valence-electron chi connectivity index (χ0n) is 13.5. The predicted octanol–water partition coefficient (Wildman–Crippen LogP) is 3.34.